The average molecular weight is 361 g/mol. The van der Waals surface area contributed by atoms with Gasteiger partial charge in [0.1, 0.15) is 5.69 Å². The Balaban J connectivity index is 0.00000182. The lowest BCUT2D eigenvalue weighted by atomic mass is 10.1. The summed E-state index contributed by atoms with van der Waals surface area (Å²) in [6.07, 6.45) is 6.10. The SMILES string of the molecule is CN(C(=O)c1ccn(C2CCCNC2)n1)C1Cc2ccccc2C1.Cl. The first-order valence-electron chi connectivity index (χ1n) is 8.82. The van der Waals surface area contributed by atoms with E-state index in [4.69, 9.17) is 0 Å². The fourth-order valence-corrected chi connectivity index (χ4v) is 3.87. The summed E-state index contributed by atoms with van der Waals surface area (Å²) >= 11 is 0. The third-order valence-corrected chi connectivity index (χ3v) is 5.37. The predicted octanol–water partition coefficient (Wildman–Crippen LogP) is 2.47. The summed E-state index contributed by atoms with van der Waals surface area (Å²) in [7, 11) is 1.90. The molecule has 1 atom stereocenters. The van der Waals surface area contributed by atoms with Gasteiger partial charge in [0, 0.05) is 25.8 Å². The molecule has 25 heavy (non-hydrogen) atoms. The monoisotopic (exact) mass is 360 g/mol. The number of nitrogens with zero attached hydrogens (tertiary/aromatic N) is 3. The molecular formula is C19H25ClN4O. The minimum absolute atomic E-state index is 0. The van der Waals surface area contributed by atoms with Gasteiger partial charge in [0.2, 0.25) is 0 Å². The Morgan fingerprint density at radius 2 is 1.96 bits per heavy atom. The van der Waals surface area contributed by atoms with Crippen molar-refractivity contribution in [2.75, 3.05) is 20.1 Å². The van der Waals surface area contributed by atoms with Crippen molar-refractivity contribution >= 4 is 18.3 Å². The number of benzene rings is 1. The van der Waals surface area contributed by atoms with Gasteiger partial charge in [-0.15, -0.1) is 12.4 Å². The maximum absolute atomic E-state index is 12.8. The number of carbonyl (C=O) groups excluding carboxylic acids is 1. The van der Waals surface area contributed by atoms with Crippen LogP contribution in [0.25, 0.3) is 0 Å². The number of nitrogens with one attached hydrogen (secondary N) is 1. The third-order valence-electron chi connectivity index (χ3n) is 5.37. The first kappa shape index (κ1) is 18.0. The topological polar surface area (TPSA) is 50.2 Å². The van der Waals surface area contributed by atoms with E-state index in [0.29, 0.717) is 11.7 Å². The average Bonchev–Trinajstić information content (AvgIpc) is 3.28. The molecule has 1 aliphatic carbocycles. The Morgan fingerprint density at radius 1 is 1.24 bits per heavy atom. The second-order valence-electron chi connectivity index (χ2n) is 6.93. The summed E-state index contributed by atoms with van der Waals surface area (Å²) in [6, 6.07) is 10.9. The zero-order valence-electron chi connectivity index (χ0n) is 14.5. The van der Waals surface area contributed by atoms with Crippen LogP contribution in [0.5, 0.6) is 0 Å². The summed E-state index contributed by atoms with van der Waals surface area (Å²) in [4.78, 5) is 14.7. The second-order valence-corrected chi connectivity index (χ2v) is 6.93. The molecule has 2 aliphatic rings. The van der Waals surface area contributed by atoms with Crippen LogP contribution < -0.4 is 5.32 Å². The summed E-state index contributed by atoms with van der Waals surface area (Å²) in [5, 5.41) is 7.95. The molecule has 1 N–H and O–H groups in total. The lowest BCUT2D eigenvalue weighted by molar-refractivity contribution is 0.0730. The molecule has 0 spiro atoms. The molecule has 1 saturated heterocycles. The lowest BCUT2D eigenvalue weighted by Gasteiger charge is -2.24. The van der Waals surface area contributed by atoms with E-state index in [-0.39, 0.29) is 24.4 Å². The van der Waals surface area contributed by atoms with Gasteiger partial charge in [-0.1, -0.05) is 24.3 Å². The number of hydrogen-bond donors (Lipinski definition) is 1. The summed E-state index contributed by atoms with van der Waals surface area (Å²) in [6.45, 7) is 2.01. The molecule has 2 heterocycles. The van der Waals surface area contributed by atoms with Gasteiger partial charge in [-0.3, -0.25) is 9.48 Å². The van der Waals surface area contributed by atoms with Crippen molar-refractivity contribution < 1.29 is 4.79 Å². The zero-order chi connectivity index (χ0) is 16.5. The summed E-state index contributed by atoms with van der Waals surface area (Å²) in [5.41, 5.74) is 3.28. The van der Waals surface area contributed by atoms with Crippen LogP contribution in [0.4, 0.5) is 0 Å². The minimum atomic E-state index is 0. The van der Waals surface area contributed by atoms with E-state index < -0.39 is 0 Å². The van der Waals surface area contributed by atoms with E-state index in [2.05, 4.69) is 34.7 Å². The second kappa shape index (κ2) is 7.58. The van der Waals surface area contributed by atoms with E-state index >= 15 is 0 Å². The fourth-order valence-electron chi connectivity index (χ4n) is 3.87. The third kappa shape index (κ3) is 3.58. The number of likely N-dealkylation sites (N-methyl/N-ethyl adjacent to an activating group) is 1. The maximum Gasteiger partial charge on any atom is 0.274 e. The van der Waals surface area contributed by atoms with Crippen LogP contribution in [0, 0.1) is 0 Å². The van der Waals surface area contributed by atoms with E-state index in [1.54, 1.807) is 0 Å². The van der Waals surface area contributed by atoms with Crippen molar-refractivity contribution in [1.29, 1.82) is 0 Å². The molecule has 1 unspecified atom stereocenters. The van der Waals surface area contributed by atoms with Crippen LogP contribution in [0.2, 0.25) is 0 Å². The molecule has 1 aromatic carbocycles. The quantitative estimate of drug-likeness (QED) is 0.914. The van der Waals surface area contributed by atoms with Crippen molar-refractivity contribution in [2.45, 2.75) is 37.8 Å². The van der Waals surface area contributed by atoms with Gasteiger partial charge >= 0.3 is 0 Å². The normalized spacial score (nSPS) is 20.0. The number of aromatic nitrogens is 2. The van der Waals surface area contributed by atoms with Gasteiger partial charge < -0.3 is 10.2 Å². The molecule has 0 radical (unpaired) electrons. The van der Waals surface area contributed by atoms with Crippen LogP contribution in [-0.4, -0.2) is 46.8 Å². The van der Waals surface area contributed by atoms with Crippen molar-refractivity contribution in [3.05, 3.63) is 53.3 Å². The summed E-state index contributed by atoms with van der Waals surface area (Å²) in [5.74, 6) is 0.0234. The van der Waals surface area contributed by atoms with Gasteiger partial charge in [0.25, 0.3) is 5.91 Å². The number of halogens is 1. The standard InChI is InChI=1S/C19H24N4O.ClH/c1-22(17-11-14-5-2-3-6-15(14)12-17)19(24)18-8-10-23(21-18)16-7-4-9-20-13-16;/h2-3,5-6,8,10,16-17,20H,4,7,9,11-13H2,1H3;1H. The predicted molar refractivity (Wildman–Crippen MR) is 100 cm³/mol. The fraction of sp³-hybridized carbons (Fsp3) is 0.474. The molecule has 134 valence electrons. The number of fused-ring (bicyclic) bond motifs is 1. The molecule has 1 aliphatic heterocycles. The summed E-state index contributed by atoms with van der Waals surface area (Å²) < 4.78 is 1.95. The minimum Gasteiger partial charge on any atom is -0.337 e. The molecule has 1 aromatic heterocycles. The first-order chi connectivity index (χ1) is 11.7. The number of piperidine rings is 1. The zero-order valence-corrected chi connectivity index (χ0v) is 15.3. The van der Waals surface area contributed by atoms with Gasteiger partial charge in [-0.2, -0.15) is 5.10 Å². The highest BCUT2D eigenvalue weighted by Crippen LogP contribution is 2.25. The number of rotatable bonds is 3. The van der Waals surface area contributed by atoms with Crippen molar-refractivity contribution in [2.24, 2.45) is 0 Å². The van der Waals surface area contributed by atoms with E-state index in [0.717, 1.165) is 38.8 Å². The van der Waals surface area contributed by atoms with Gasteiger partial charge in [0.05, 0.1) is 6.04 Å². The molecule has 0 saturated carbocycles. The number of hydrogen-bond acceptors (Lipinski definition) is 3. The van der Waals surface area contributed by atoms with Crippen LogP contribution >= 0.6 is 12.4 Å². The highest BCUT2D eigenvalue weighted by Gasteiger charge is 2.29. The number of amides is 1. The first-order valence-corrected chi connectivity index (χ1v) is 8.82. The van der Waals surface area contributed by atoms with E-state index in [9.17, 15) is 4.79 Å². The number of carbonyl (C=O) groups is 1. The Morgan fingerprint density at radius 3 is 2.60 bits per heavy atom. The maximum atomic E-state index is 12.8. The molecule has 1 amide bonds. The largest absolute Gasteiger partial charge is 0.337 e. The van der Waals surface area contributed by atoms with Crippen LogP contribution in [0.1, 0.15) is 40.5 Å². The lowest BCUT2D eigenvalue weighted by Crippen LogP contribution is -2.38. The molecule has 1 fully saturated rings. The highest BCUT2D eigenvalue weighted by molar-refractivity contribution is 5.92. The Kier molecular flexibility index (Phi) is 5.45. The molecule has 6 heteroatoms. The van der Waals surface area contributed by atoms with Crippen LogP contribution in [0.3, 0.4) is 0 Å². The van der Waals surface area contributed by atoms with Crippen LogP contribution in [0.15, 0.2) is 36.5 Å². The smallest absolute Gasteiger partial charge is 0.274 e. The van der Waals surface area contributed by atoms with Gasteiger partial charge in [-0.05, 0) is 49.4 Å². The molecule has 0 bridgehead atoms. The van der Waals surface area contributed by atoms with Gasteiger partial charge in [-0.25, -0.2) is 0 Å². The van der Waals surface area contributed by atoms with Crippen LogP contribution in [-0.2, 0) is 12.8 Å². The van der Waals surface area contributed by atoms with Crippen molar-refractivity contribution in [3.63, 3.8) is 0 Å². The van der Waals surface area contributed by atoms with Crippen molar-refractivity contribution in [3.8, 4) is 0 Å². The highest BCUT2D eigenvalue weighted by atomic mass is 35.5. The van der Waals surface area contributed by atoms with E-state index in [1.807, 2.05) is 28.9 Å². The molecule has 4 rings (SSSR count). The molecule has 2 aromatic rings. The Bertz CT molecular complexity index is 714. The van der Waals surface area contributed by atoms with Gasteiger partial charge in [0.15, 0.2) is 0 Å². The Labute approximate surface area is 154 Å². The van der Waals surface area contributed by atoms with E-state index in [1.165, 1.54) is 11.1 Å². The van der Waals surface area contributed by atoms with Crippen molar-refractivity contribution in [1.82, 2.24) is 20.0 Å². The Hall–Kier alpha value is -1.85. The molecule has 5 nitrogen and oxygen atoms in total. The molecular weight excluding hydrogens is 336 g/mol.